The molecule has 0 heterocycles. The van der Waals surface area contributed by atoms with E-state index in [1.54, 1.807) is 7.05 Å². The summed E-state index contributed by atoms with van der Waals surface area (Å²) in [5, 5.41) is 11.5. The summed E-state index contributed by atoms with van der Waals surface area (Å²) in [4.78, 5) is 50.4. The van der Waals surface area contributed by atoms with E-state index in [1.807, 2.05) is 30.3 Å². The Hall–Kier alpha value is -2.74. The van der Waals surface area contributed by atoms with Crippen LogP contribution < -0.4 is 5.32 Å². The summed E-state index contributed by atoms with van der Waals surface area (Å²) in [5.41, 5.74) is 0.947. The Morgan fingerprint density at radius 1 is 0.868 bits per heavy atom. The van der Waals surface area contributed by atoms with Crippen molar-refractivity contribution in [3.8, 4) is 0 Å². The van der Waals surface area contributed by atoms with E-state index in [-0.39, 0.29) is 37.7 Å². The molecule has 8 heteroatoms. The number of carbonyl (C=O) groups excluding carboxylic acids is 3. The summed E-state index contributed by atoms with van der Waals surface area (Å²) in [6.45, 7) is 4.02. The molecule has 0 saturated carbocycles. The Morgan fingerprint density at radius 3 is 2.03 bits per heavy atom. The number of ether oxygens (including phenoxy) is 1. The number of ketones is 1. The van der Waals surface area contributed by atoms with Gasteiger partial charge in [0.2, 0.25) is 11.8 Å². The Bertz CT molecular complexity index is 829. The minimum atomic E-state index is -1.07. The number of amides is 2. The summed E-state index contributed by atoms with van der Waals surface area (Å²) in [6, 6.07) is 7.78. The molecule has 214 valence electrons. The second kappa shape index (κ2) is 20.3. The first kappa shape index (κ1) is 33.3. The molecular weight excluding hydrogens is 484 g/mol. The highest BCUT2D eigenvalue weighted by Gasteiger charge is 2.29. The van der Waals surface area contributed by atoms with Crippen molar-refractivity contribution in [3.63, 3.8) is 0 Å². The number of nitrogens with one attached hydrogen (secondary N) is 1. The predicted octanol–water partition coefficient (Wildman–Crippen LogP) is 5.28. The van der Waals surface area contributed by atoms with E-state index in [0.29, 0.717) is 6.42 Å². The third-order valence-electron chi connectivity index (χ3n) is 6.72. The summed E-state index contributed by atoms with van der Waals surface area (Å²) in [7, 11) is 1.59. The molecule has 0 aliphatic carbocycles. The van der Waals surface area contributed by atoms with Gasteiger partial charge in [-0.1, -0.05) is 95.0 Å². The second-order valence-electron chi connectivity index (χ2n) is 10.0. The molecule has 0 fully saturated rings. The van der Waals surface area contributed by atoms with E-state index in [1.165, 1.54) is 56.8 Å². The van der Waals surface area contributed by atoms with Gasteiger partial charge in [0.15, 0.2) is 5.78 Å². The number of benzene rings is 1. The van der Waals surface area contributed by atoms with Crippen LogP contribution in [0.2, 0.25) is 0 Å². The number of rotatable bonds is 22. The molecular formula is C30H48N2O6. The van der Waals surface area contributed by atoms with Crippen molar-refractivity contribution in [2.75, 3.05) is 13.7 Å². The van der Waals surface area contributed by atoms with E-state index in [9.17, 15) is 19.2 Å². The Kier molecular flexibility index (Phi) is 17.7. The van der Waals surface area contributed by atoms with Gasteiger partial charge in [0.05, 0.1) is 25.7 Å². The second-order valence-corrected chi connectivity index (χ2v) is 10.0. The first-order valence-corrected chi connectivity index (χ1v) is 14.2. The summed E-state index contributed by atoms with van der Waals surface area (Å²) >= 11 is 0. The maximum absolute atomic E-state index is 13.1. The fraction of sp³-hybridized carbons (Fsp3) is 0.667. The summed E-state index contributed by atoms with van der Waals surface area (Å²) in [5.74, 6) is -2.07. The number of carboxylic acid groups (broad SMARTS) is 1. The fourth-order valence-corrected chi connectivity index (χ4v) is 4.18. The highest BCUT2D eigenvalue weighted by Crippen LogP contribution is 2.13. The number of carboxylic acids is 1. The third kappa shape index (κ3) is 14.9. The largest absolute Gasteiger partial charge is 0.481 e. The van der Waals surface area contributed by atoms with Gasteiger partial charge in [0, 0.05) is 19.9 Å². The van der Waals surface area contributed by atoms with Gasteiger partial charge in [-0.2, -0.15) is 0 Å². The number of Topliss-reactive ketones (excluding diaryl/α,β-unsaturated/α-hetero) is 1. The molecule has 1 aromatic rings. The topological polar surface area (TPSA) is 113 Å². The molecule has 1 rings (SSSR count). The van der Waals surface area contributed by atoms with E-state index in [2.05, 4.69) is 12.2 Å². The van der Waals surface area contributed by atoms with E-state index >= 15 is 0 Å². The number of carbonyl (C=O) groups is 4. The first-order valence-electron chi connectivity index (χ1n) is 14.2. The van der Waals surface area contributed by atoms with Gasteiger partial charge in [0.25, 0.3) is 0 Å². The standard InChI is InChI=1S/C30H48N2O6/c1-4-5-6-7-8-9-10-11-12-16-19-28(34)32(3)26(23-38-22-25-17-14-13-15-18-25)30(37)31-24(2)27(33)20-21-29(35)36/h13-15,17-18,24,26H,4-12,16,19-23H2,1-3H3,(H,31,37)(H,35,36)/t24-,26-/m1/s1. The van der Waals surface area contributed by atoms with Crippen molar-refractivity contribution in [2.45, 2.75) is 116 Å². The van der Waals surface area contributed by atoms with Crippen LogP contribution in [0, 0.1) is 0 Å². The monoisotopic (exact) mass is 532 g/mol. The molecule has 2 N–H and O–H groups in total. The maximum atomic E-state index is 13.1. The van der Waals surface area contributed by atoms with Crippen LogP contribution in [0.15, 0.2) is 30.3 Å². The maximum Gasteiger partial charge on any atom is 0.303 e. The zero-order valence-corrected chi connectivity index (χ0v) is 23.6. The number of aliphatic carboxylic acids is 1. The lowest BCUT2D eigenvalue weighted by Gasteiger charge is -2.28. The van der Waals surface area contributed by atoms with E-state index < -0.39 is 24.0 Å². The van der Waals surface area contributed by atoms with Gasteiger partial charge in [-0.05, 0) is 18.9 Å². The molecule has 2 atom stereocenters. The zero-order valence-electron chi connectivity index (χ0n) is 23.6. The summed E-state index contributed by atoms with van der Waals surface area (Å²) < 4.78 is 5.78. The highest BCUT2D eigenvalue weighted by molar-refractivity contribution is 5.93. The van der Waals surface area contributed by atoms with Crippen molar-refractivity contribution in [1.29, 1.82) is 0 Å². The van der Waals surface area contributed by atoms with Crippen LogP contribution in [-0.4, -0.2) is 59.3 Å². The molecule has 8 nitrogen and oxygen atoms in total. The van der Waals surface area contributed by atoms with Gasteiger partial charge in [0.1, 0.15) is 6.04 Å². The molecule has 0 bridgehead atoms. The van der Waals surface area contributed by atoms with Crippen LogP contribution in [0.5, 0.6) is 0 Å². The van der Waals surface area contributed by atoms with Gasteiger partial charge in [-0.3, -0.25) is 19.2 Å². The van der Waals surface area contributed by atoms with Crippen molar-refractivity contribution < 1.29 is 29.0 Å². The summed E-state index contributed by atoms with van der Waals surface area (Å²) in [6.07, 6.45) is 11.6. The van der Waals surface area contributed by atoms with Gasteiger partial charge >= 0.3 is 5.97 Å². The predicted molar refractivity (Wildman–Crippen MR) is 149 cm³/mol. The third-order valence-corrected chi connectivity index (χ3v) is 6.72. The smallest absolute Gasteiger partial charge is 0.303 e. The SMILES string of the molecule is CCCCCCCCCCCCC(=O)N(C)[C@H](COCc1ccccc1)C(=O)N[C@H](C)C(=O)CCC(=O)O. The lowest BCUT2D eigenvalue weighted by molar-refractivity contribution is -0.142. The minimum absolute atomic E-state index is 0.0168. The van der Waals surface area contributed by atoms with E-state index in [4.69, 9.17) is 9.84 Å². The molecule has 0 radical (unpaired) electrons. The van der Waals surface area contributed by atoms with Gasteiger partial charge < -0.3 is 20.1 Å². The number of nitrogens with zero attached hydrogens (tertiary/aromatic N) is 1. The molecule has 0 aliphatic rings. The zero-order chi connectivity index (χ0) is 28.2. The molecule has 0 saturated heterocycles. The lowest BCUT2D eigenvalue weighted by Crippen LogP contribution is -2.53. The van der Waals surface area contributed by atoms with Crippen molar-refractivity contribution >= 4 is 23.6 Å². The van der Waals surface area contributed by atoms with Crippen LogP contribution in [0.1, 0.15) is 103 Å². The Morgan fingerprint density at radius 2 is 1.45 bits per heavy atom. The quantitative estimate of drug-likeness (QED) is 0.197. The molecule has 0 unspecified atom stereocenters. The first-order chi connectivity index (χ1) is 18.3. The molecule has 0 aromatic heterocycles. The van der Waals surface area contributed by atoms with Gasteiger partial charge in [-0.15, -0.1) is 0 Å². The molecule has 0 spiro atoms. The molecule has 0 aliphatic heterocycles. The van der Waals surface area contributed by atoms with Crippen molar-refractivity contribution in [1.82, 2.24) is 10.2 Å². The van der Waals surface area contributed by atoms with E-state index in [0.717, 1.165) is 24.8 Å². The Labute approximate surface area is 228 Å². The van der Waals surface area contributed by atoms with Crippen LogP contribution in [0.25, 0.3) is 0 Å². The van der Waals surface area contributed by atoms with Crippen LogP contribution in [0.4, 0.5) is 0 Å². The minimum Gasteiger partial charge on any atom is -0.481 e. The average Bonchev–Trinajstić information content (AvgIpc) is 2.90. The average molecular weight is 533 g/mol. The normalized spacial score (nSPS) is 12.5. The van der Waals surface area contributed by atoms with Crippen molar-refractivity contribution in [2.24, 2.45) is 0 Å². The van der Waals surface area contributed by atoms with Crippen LogP contribution >= 0.6 is 0 Å². The number of hydrogen-bond donors (Lipinski definition) is 2. The molecule has 1 aromatic carbocycles. The highest BCUT2D eigenvalue weighted by atomic mass is 16.5. The van der Waals surface area contributed by atoms with Crippen molar-refractivity contribution in [3.05, 3.63) is 35.9 Å². The Balaban J connectivity index is 2.57. The van der Waals surface area contributed by atoms with Crippen LogP contribution in [-0.2, 0) is 30.5 Å². The fourth-order valence-electron chi connectivity index (χ4n) is 4.18. The molecule has 2 amide bonds. The lowest BCUT2D eigenvalue weighted by atomic mass is 10.1. The number of unbranched alkanes of at least 4 members (excludes halogenated alkanes) is 9. The number of likely N-dealkylation sites (N-methyl/N-ethyl adjacent to an activating group) is 1. The number of hydrogen-bond acceptors (Lipinski definition) is 5. The van der Waals surface area contributed by atoms with Gasteiger partial charge in [-0.25, -0.2) is 0 Å². The molecule has 38 heavy (non-hydrogen) atoms. The van der Waals surface area contributed by atoms with Crippen LogP contribution in [0.3, 0.4) is 0 Å².